The van der Waals surface area contributed by atoms with Crippen LogP contribution in [0.4, 0.5) is 11.6 Å². The molecule has 1 saturated heterocycles. The molecule has 0 aliphatic carbocycles. The molecule has 0 bridgehead atoms. The largest absolute Gasteiger partial charge is 0.363 e. The quantitative estimate of drug-likeness (QED) is 0.726. The Balaban J connectivity index is 1.64. The maximum Gasteiger partial charge on any atom is 0.134 e. The highest BCUT2D eigenvalue weighted by Crippen LogP contribution is 2.35. The van der Waals surface area contributed by atoms with Crippen LogP contribution >= 0.6 is 0 Å². The summed E-state index contributed by atoms with van der Waals surface area (Å²) in [4.78, 5) is 18.0. The molecular formula is C20H26N6. The van der Waals surface area contributed by atoms with Gasteiger partial charge >= 0.3 is 0 Å². The summed E-state index contributed by atoms with van der Waals surface area (Å²) in [5.41, 5.74) is 2.30. The normalized spacial score (nSPS) is 15.3. The van der Waals surface area contributed by atoms with Gasteiger partial charge in [-0.15, -0.1) is 0 Å². The molecule has 3 heterocycles. The van der Waals surface area contributed by atoms with Crippen LogP contribution in [0.2, 0.25) is 0 Å². The first-order valence-corrected chi connectivity index (χ1v) is 9.06. The van der Waals surface area contributed by atoms with Gasteiger partial charge in [0.15, 0.2) is 0 Å². The monoisotopic (exact) mass is 350 g/mol. The number of imidazole rings is 1. The minimum absolute atomic E-state index is 0.00640. The Bertz CT molecular complexity index is 931. The van der Waals surface area contributed by atoms with E-state index >= 15 is 0 Å². The summed E-state index contributed by atoms with van der Waals surface area (Å²) in [6.45, 7) is 8.57. The molecule has 0 amide bonds. The van der Waals surface area contributed by atoms with Gasteiger partial charge in [-0.2, -0.15) is 0 Å². The van der Waals surface area contributed by atoms with Gasteiger partial charge in [0.05, 0.1) is 17.1 Å². The molecule has 1 aliphatic heterocycles. The average Bonchev–Trinajstić information content (AvgIpc) is 2.94. The highest BCUT2D eigenvalue weighted by molar-refractivity contribution is 5.76. The number of anilines is 2. The molecule has 1 aliphatic rings. The highest BCUT2D eigenvalue weighted by Gasteiger charge is 2.34. The Morgan fingerprint density at radius 2 is 1.81 bits per heavy atom. The molecule has 1 fully saturated rings. The van der Waals surface area contributed by atoms with Crippen molar-refractivity contribution in [3.8, 4) is 0 Å². The van der Waals surface area contributed by atoms with E-state index in [0.717, 1.165) is 36.1 Å². The molecule has 136 valence electrons. The number of hydrogen-bond donors (Lipinski definition) is 0. The maximum absolute atomic E-state index is 4.93. The number of nitrogens with zero attached hydrogens (tertiary/aromatic N) is 6. The average molecular weight is 350 g/mol. The lowest BCUT2D eigenvalue weighted by Gasteiger charge is -2.42. The fourth-order valence-corrected chi connectivity index (χ4v) is 3.50. The Kier molecular flexibility index (Phi) is 3.86. The number of fused-ring (bicyclic) bond motifs is 1. The van der Waals surface area contributed by atoms with Crippen LogP contribution in [0.5, 0.6) is 0 Å². The molecule has 4 rings (SSSR count). The third kappa shape index (κ3) is 2.79. The van der Waals surface area contributed by atoms with Gasteiger partial charge in [0, 0.05) is 38.7 Å². The zero-order valence-electron chi connectivity index (χ0n) is 16.1. The lowest BCUT2D eigenvalue weighted by molar-refractivity contribution is 0.371. The van der Waals surface area contributed by atoms with E-state index < -0.39 is 0 Å². The van der Waals surface area contributed by atoms with Gasteiger partial charge in [0.2, 0.25) is 0 Å². The third-order valence-electron chi connectivity index (χ3n) is 4.91. The standard InChI is InChI=1S/C20H26N6/c1-20(2,3)19-23-15-8-6-7-9-16(15)26(19)14-11-25(12-14)18-10-17(24(4)5)21-13-22-18/h6-10,13-14H,11-12H2,1-5H3. The summed E-state index contributed by atoms with van der Waals surface area (Å²) in [7, 11) is 4.00. The van der Waals surface area contributed by atoms with Crippen molar-refractivity contribution in [1.29, 1.82) is 0 Å². The molecule has 6 nitrogen and oxygen atoms in total. The summed E-state index contributed by atoms with van der Waals surface area (Å²) in [5, 5.41) is 0. The van der Waals surface area contributed by atoms with Crippen molar-refractivity contribution in [2.75, 3.05) is 37.0 Å². The van der Waals surface area contributed by atoms with Gasteiger partial charge in [0.1, 0.15) is 23.8 Å². The summed E-state index contributed by atoms with van der Waals surface area (Å²) >= 11 is 0. The second-order valence-corrected chi connectivity index (χ2v) is 8.23. The minimum atomic E-state index is 0.00640. The van der Waals surface area contributed by atoms with Crippen molar-refractivity contribution in [2.24, 2.45) is 0 Å². The first-order valence-electron chi connectivity index (χ1n) is 9.06. The number of para-hydroxylation sites is 2. The van der Waals surface area contributed by atoms with Gasteiger partial charge in [-0.05, 0) is 12.1 Å². The van der Waals surface area contributed by atoms with Crippen LogP contribution in [0.15, 0.2) is 36.7 Å². The van der Waals surface area contributed by atoms with Crippen molar-refractivity contribution in [2.45, 2.75) is 32.2 Å². The Hall–Kier alpha value is -2.63. The highest BCUT2D eigenvalue weighted by atomic mass is 15.3. The predicted octanol–water partition coefficient (Wildman–Crippen LogP) is 3.25. The van der Waals surface area contributed by atoms with E-state index in [4.69, 9.17) is 4.98 Å². The maximum atomic E-state index is 4.93. The first-order chi connectivity index (χ1) is 12.3. The number of aromatic nitrogens is 4. The number of benzene rings is 1. The van der Waals surface area contributed by atoms with Gasteiger partial charge < -0.3 is 14.4 Å². The molecule has 0 saturated carbocycles. The SMILES string of the molecule is CN(C)c1cc(N2CC(n3c(C(C)(C)C)nc4ccccc43)C2)ncn1. The second-order valence-electron chi connectivity index (χ2n) is 8.23. The molecule has 2 aromatic heterocycles. The minimum Gasteiger partial charge on any atom is -0.363 e. The lowest BCUT2D eigenvalue weighted by Crippen LogP contribution is -2.49. The summed E-state index contributed by atoms with van der Waals surface area (Å²) in [5.74, 6) is 3.07. The lowest BCUT2D eigenvalue weighted by atomic mass is 9.94. The first kappa shape index (κ1) is 16.8. The van der Waals surface area contributed by atoms with Crippen LogP contribution < -0.4 is 9.80 Å². The molecule has 0 N–H and O–H groups in total. The van der Waals surface area contributed by atoms with Gasteiger partial charge in [0.25, 0.3) is 0 Å². The van der Waals surface area contributed by atoms with Crippen molar-refractivity contribution in [3.05, 3.63) is 42.5 Å². The van der Waals surface area contributed by atoms with Crippen LogP contribution in [0, 0.1) is 0 Å². The zero-order valence-corrected chi connectivity index (χ0v) is 16.1. The van der Waals surface area contributed by atoms with Gasteiger partial charge in [-0.1, -0.05) is 32.9 Å². The van der Waals surface area contributed by atoms with Crippen LogP contribution in [0.1, 0.15) is 32.6 Å². The molecular weight excluding hydrogens is 324 g/mol. The van der Waals surface area contributed by atoms with Crippen molar-refractivity contribution >= 4 is 22.7 Å². The molecule has 0 unspecified atom stereocenters. The van der Waals surface area contributed by atoms with Crippen LogP contribution in [-0.4, -0.2) is 46.7 Å². The predicted molar refractivity (Wildman–Crippen MR) is 106 cm³/mol. The van der Waals surface area contributed by atoms with Crippen molar-refractivity contribution in [3.63, 3.8) is 0 Å². The fraction of sp³-hybridized carbons (Fsp3) is 0.450. The molecule has 0 radical (unpaired) electrons. The molecule has 3 aromatic rings. The Morgan fingerprint density at radius 1 is 1.08 bits per heavy atom. The van der Waals surface area contributed by atoms with Crippen LogP contribution in [0.25, 0.3) is 11.0 Å². The molecule has 26 heavy (non-hydrogen) atoms. The van der Waals surface area contributed by atoms with E-state index in [9.17, 15) is 0 Å². The third-order valence-corrected chi connectivity index (χ3v) is 4.91. The van der Waals surface area contributed by atoms with E-state index in [1.807, 2.05) is 25.1 Å². The van der Waals surface area contributed by atoms with Gasteiger partial charge in [-0.3, -0.25) is 0 Å². The summed E-state index contributed by atoms with van der Waals surface area (Å²) < 4.78 is 2.43. The Labute approximate surface area is 154 Å². The smallest absolute Gasteiger partial charge is 0.134 e. The zero-order chi connectivity index (χ0) is 18.5. The molecule has 0 spiro atoms. The molecule has 6 heteroatoms. The van der Waals surface area contributed by atoms with E-state index in [-0.39, 0.29) is 5.41 Å². The van der Waals surface area contributed by atoms with Crippen LogP contribution in [-0.2, 0) is 5.41 Å². The number of rotatable bonds is 3. The summed E-state index contributed by atoms with van der Waals surface area (Å²) in [6.07, 6.45) is 1.64. The second kappa shape index (κ2) is 5.97. The van der Waals surface area contributed by atoms with Gasteiger partial charge in [-0.25, -0.2) is 15.0 Å². The van der Waals surface area contributed by atoms with Crippen molar-refractivity contribution in [1.82, 2.24) is 19.5 Å². The number of hydrogen-bond acceptors (Lipinski definition) is 5. The van der Waals surface area contributed by atoms with E-state index in [1.165, 1.54) is 5.52 Å². The topological polar surface area (TPSA) is 50.1 Å². The fourth-order valence-electron chi connectivity index (χ4n) is 3.50. The Morgan fingerprint density at radius 3 is 2.50 bits per heavy atom. The van der Waals surface area contributed by atoms with E-state index in [0.29, 0.717) is 6.04 Å². The molecule has 1 aromatic carbocycles. The van der Waals surface area contributed by atoms with E-state index in [1.54, 1.807) is 6.33 Å². The summed E-state index contributed by atoms with van der Waals surface area (Å²) in [6, 6.07) is 10.9. The van der Waals surface area contributed by atoms with E-state index in [2.05, 4.69) is 64.5 Å². The molecule has 0 atom stereocenters. The van der Waals surface area contributed by atoms with Crippen molar-refractivity contribution < 1.29 is 0 Å². The van der Waals surface area contributed by atoms with Crippen LogP contribution in [0.3, 0.4) is 0 Å².